The van der Waals surface area contributed by atoms with E-state index < -0.39 is 18.5 Å². The summed E-state index contributed by atoms with van der Waals surface area (Å²) in [5, 5.41) is 31.5. The van der Waals surface area contributed by atoms with Gasteiger partial charge in [0, 0.05) is 12.8 Å². The van der Waals surface area contributed by atoms with E-state index in [1.165, 1.54) is 6.42 Å². The molecule has 2 heterocycles. The number of carbonyl (C=O) groups is 1. The summed E-state index contributed by atoms with van der Waals surface area (Å²) in [5.74, 6) is 0.436. The summed E-state index contributed by atoms with van der Waals surface area (Å²) < 4.78 is 7.04. The zero-order valence-electron chi connectivity index (χ0n) is 16.5. The molecule has 150 valence electrons. The van der Waals surface area contributed by atoms with Crippen LogP contribution < -0.4 is 5.59 Å². The molecule has 8 heteroatoms. The Hall–Kier alpha value is -1.38. The number of hydrogen-bond acceptors (Lipinski definition) is 5. The Morgan fingerprint density at radius 1 is 1.30 bits per heavy atom. The van der Waals surface area contributed by atoms with E-state index in [-0.39, 0.29) is 11.6 Å². The van der Waals surface area contributed by atoms with Crippen LogP contribution >= 0.6 is 0 Å². The van der Waals surface area contributed by atoms with Crippen molar-refractivity contribution in [1.29, 1.82) is 0 Å². The Labute approximate surface area is 160 Å². The molecule has 4 unspecified atom stereocenters. The Morgan fingerprint density at radius 2 is 2.04 bits per heavy atom. The third-order valence-electron chi connectivity index (χ3n) is 7.30. The molecular weight excluding hydrogens is 347 g/mol. The van der Waals surface area contributed by atoms with Crippen molar-refractivity contribution < 1.29 is 24.7 Å². The second kappa shape index (κ2) is 7.56. The molecule has 1 aromatic heterocycles. The highest BCUT2D eigenvalue weighted by molar-refractivity contribution is 6.57. The highest BCUT2D eigenvalue weighted by atomic mass is 16.5. The molecule has 4 atom stereocenters. The van der Waals surface area contributed by atoms with E-state index in [4.69, 9.17) is 14.8 Å². The predicted molar refractivity (Wildman–Crippen MR) is 101 cm³/mol. The van der Waals surface area contributed by atoms with Gasteiger partial charge in [-0.2, -0.15) is 5.10 Å². The highest BCUT2D eigenvalue weighted by Crippen LogP contribution is 2.69. The number of aliphatic carboxylic acids is 1. The predicted octanol–water partition coefficient (Wildman–Crippen LogP) is 1.80. The number of carboxylic acids is 1. The van der Waals surface area contributed by atoms with Gasteiger partial charge in [0.05, 0.1) is 11.0 Å². The van der Waals surface area contributed by atoms with Crippen molar-refractivity contribution in [3.63, 3.8) is 0 Å². The average molecular weight is 378 g/mol. The second-order valence-electron chi connectivity index (χ2n) is 8.77. The number of rotatable bonds is 3. The van der Waals surface area contributed by atoms with Gasteiger partial charge in [0.1, 0.15) is 6.23 Å². The van der Waals surface area contributed by atoms with Gasteiger partial charge in [0.15, 0.2) is 0 Å². The Morgan fingerprint density at radius 3 is 2.52 bits per heavy atom. The van der Waals surface area contributed by atoms with Gasteiger partial charge in [-0.3, -0.25) is 4.79 Å². The minimum Gasteiger partial charge on any atom is -0.481 e. The van der Waals surface area contributed by atoms with Crippen molar-refractivity contribution in [2.45, 2.75) is 65.5 Å². The maximum atomic E-state index is 11.3. The number of ether oxygens (including phenoxy) is 1. The SMILES string of the molecule is CC1CCC2CC1(C(=O)O)C2(C)C.OB(O)c1ccnn1C1CCCCO1. The quantitative estimate of drug-likeness (QED) is 0.693. The van der Waals surface area contributed by atoms with Gasteiger partial charge in [0.2, 0.25) is 0 Å². The monoisotopic (exact) mass is 378 g/mol. The van der Waals surface area contributed by atoms with Crippen molar-refractivity contribution >= 4 is 18.7 Å². The molecule has 3 N–H and O–H groups in total. The molecule has 1 aromatic rings. The minimum absolute atomic E-state index is 0.0243. The fraction of sp³-hybridized carbons (Fsp3) is 0.789. The number of carboxylic acid groups (broad SMARTS) is 1. The van der Waals surface area contributed by atoms with E-state index in [1.807, 2.05) is 0 Å². The first-order valence-corrected chi connectivity index (χ1v) is 9.96. The van der Waals surface area contributed by atoms with Gasteiger partial charge in [-0.15, -0.1) is 0 Å². The molecule has 0 amide bonds. The van der Waals surface area contributed by atoms with Crippen LogP contribution in [-0.2, 0) is 9.53 Å². The summed E-state index contributed by atoms with van der Waals surface area (Å²) in [6.45, 7) is 7.08. The van der Waals surface area contributed by atoms with Crippen molar-refractivity contribution in [3.8, 4) is 0 Å². The summed E-state index contributed by atoms with van der Waals surface area (Å²) >= 11 is 0. The van der Waals surface area contributed by atoms with Crippen LogP contribution in [0.5, 0.6) is 0 Å². The first-order chi connectivity index (χ1) is 12.7. The standard InChI is InChI=1S/C11H18O2.C8H13BN2O3/c1-7-4-5-8-6-11(7,9(12)13)10(8,2)3;12-9(13)7-4-5-10-11(7)8-3-1-2-6-14-8/h7-8H,4-6H2,1-3H3,(H,12,13);4-5,8,12-13H,1-3,6H2. The van der Waals surface area contributed by atoms with E-state index in [1.54, 1.807) is 16.9 Å². The van der Waals surface area contributed by atoms with Crippen LogP contribution in [0.3, 0.4) is 0 Å². The summed E-state index contributed by atoms with van der Waals surface area (Å²) in [5.41, 5.74) is 0.00350. The maximum absolute atomic E-state index is 11.3. The smallest absolute Gasteiger partial charge is 0.481 e. The molecule has 1 aliphatic heterocycles. The van der Waals surface area contributed by atoms with Crippen LogP contribution in [0.4, 0.5) is 0 Å². The van der Waals surface area contributed by atoms with Gasteiger partial charge in [0.25, 0.3) is 0 Å². The van der Waals surface area contributed by atoms with Gasteiger partial charge in [-0.05, 0) is 61.8 Å². The maximum Gasteiger partial charge on any atom is 0.507 e. The first-order valence-electron chi connectivity index (χ1n) is 9.96. The number of aromatic nitrogens is 2. The van der Waals surface area contributed by atoms with Gasteiger partial charge >= 0.3 is 13.1 Å². The Balaban J connectivity index is 0.000000156. The third kappa shape index (κ3) is 3.32. The molecule has 1 saturated heterocycles. The first kappa shape index (κ1) is 20.4. The molecule has 5 rings (SSSR count). The van der Waals surface area contributed by atoms with Crippen LogP contribution in [0.2, 0.25) is 0 Å². The lowest BCUT2D eigenvalue weighted by Gasteiger charge is -2.66. The van der Waals surface area contributed by atoms with Gasteiger partial charge < -0.3 is 19.9 Å². The normalized spacial score (nSPS) is 34.0. The number of hydrogen-bond donors (Lipinski definition) is 3. The fourth-order valence-corrected chi connectivity index (χ4v) is 5.40. The summed E-state index contributed by atoms with van der Waals surface area (Å²) in [7, 11) is -1.48. The van der Waals surface area contributed by atoms with Crippen molar-refractivity contribution in [1.82, 2.24) is 9.78 Å². The lowest BCUT2D eigenvalue weighted by Crippen LogP contribution is -2.65. The van der Waals surface area contributed by atoms with Crippen molar-refractivity contribution in [2.75, 3.05) is 6.61 Å². The van der Waals surface area contributed by atoms with E-state index >= 15 is 0 Å². The molecule has 4 fully saturated rings. The van der Waals surface area contributed by atoms with Crippen LogP contribution in [0.1, 0.15) is 65.5 Å². The lowest BCUT2D eigenvalue weighted by atomic mass is 9.37. The molecule has 3 aliphatic carbocycles. The summed E-state index contributed by atoms with van der Waals surface area (Å²) in [6.07, 6.45) is 7.67. The molecule has 0 aromatic carbocycles. The molecular formula is C19H31BN2O5. The van der Waals surface area contributed by atoms with Gasteiger partial charge in [-0.1, -0.05) is 20.8 Å². The van der Waals surface area contributed by atoms with E-state index in [9.17, 15) is 9.90 Å². The van der Waals surface area contributed by atoms with Crippen molar-refractivity contribution in [3.05, 3.63) is 12.3 Å². The van der Waals surface area contributed by atoms with E-state index in [0.29, 0.717) is 24.0 Å². The average Bonchev–Trinajstić information content (AvgIpc) is 3.12. The molecule has 0 spiro atoms. The lowest BCUT2D eigenvalue weighted by molar-refractivity contribution is -0.217. The van der Waals surface area contributed by atoms with Crippen LogP contribution in [0.25, 0.3) is 0 Å². The van der Waals surface area contributed by atoms with E-state index in [2.05, 4.69) is 25.9 Å². The summed E-state index contributed by atoms with van der Waals surface area (Å²) in [6, 6.07) is 1.59. The van der Waals surface area contributed by atoms with Crippen LogP contribution in [0, 0.1) is 22.7 Å². The molecule has 2 bridgehead atoms. The Kier molecular flexibility index (Phi) is 5.70. The molecule has 3 saturated carbocycles. The second-order valence-corrected chi connectivity index (χ2v) is 8.77. The fourth-order valence-electron chi connectivity index (χ4n) is 5.40. The summed E-state index contributed by atoms with van der Waals surface area (Å²) in [4.78, 5) is 11.3. The van der Waals surface area contributed by atoms with Crippen molar-refractivity contribution in [2.24, 2.45) is 22.7 Å². The number of nitrogens with zero attached hydrogens (tertiary/aromatic N) is 2. The third-order valence-corrected chi connectivity index (χ3v) is 7.30. The minimum atomic E-state index is -1.48. The van der Waals surface area contributed by atoms with Crippen LogP contribution in [-0.4, -0.2) is 44.6 Å². The number of fused-ring (bicyclic) bond motifs is 2. The topological polar surface area (TPSA) is 105 Å². The molecule has 4 aliphatic rings. The highest BCUT2D eigenvalue weighted by Gasteiger charge is 2.68. The van der Waals surface area contributed by atoms with Crippen LogP contribution in [0.15, 0.2) is 12.3 Å². The zero-order chi connectivity index (χ0) is 19.8. The van der Waals surface area contributed by atoms with Gasteiger partial charge in [-0.25, -0.2) is 4.68 Å². The molecule has 27 heavy (non-hydrogen) atoms. The molecule has 7 nitrogen and oxygen atoms in total. The van der Waals surface area contributed by atoms with E-state index in [0.717, 1.165) is 32.1 Å². The molecule has 0 radical (unpaired) electrons. The zero-order valence-corrected chi connectivity index (χ0v) is 16.5. The largest absolute Gasteiger partial charge is 0.507 e. The Bertz CT molecular complexity index is 671.